The molecule has 0 amide bonds. The number of aliphatic hydroxyl groups is 1. The highest BCUT2D eigenvalue weighted by molar-refractivity contribution is 14.0. The lowest BCUT2D eigenvalue weighted by Gasteiger charge is -2.18. The molecule has 0 saturated carbocycles. The van der Waals surface area contributed by atoms with Gasteiger partial charge >= 0.3 is 0 Å². The Kier molecular flexibility index (Phi) is 13.0. The summed E-state index contributed by atoms with van der Waals surface area (Å²) in [4.78, 5) is 8.90. The van der Waals surface area contributed by atoms with Crippen LogP contribution in [0.3, 0.4) is 0 Å². The summed E-state index contributed by atoms with van der Waals surface area (Å²) >= 11 is 0. The maximum Gasteiger partial charge on any atom is 0.224 e. The molecule has 0 spiro atoms. The second-order valence-electron chi connectivity index (χ2n) is 6.77. The topological polar surface area (TPSA) is 78.8 Å². The van der Waals surface area contributed by atoms with Gasteiger partial charge in [0.05, 0.1) is 6.54 Å². The van der Waals surface area contributed by atoms with Gasteiger partial charge in [0.25, 0.3) is 0 Å². The largest absolute Gasteiger partial charge is 0.439 e. The van der Waals surface area contributed by atoms with Crippen LogP contribution in [0.2, 0.25) is 0 Å². The predicted molar refractivity (Wildman–Crippen MR) is 129 cm³/mol. The highest BCUT2D eigenvalue weighted by Crippen LogP contribution is 2.24. The van der Waals surface area contributed by atoms with Crippen LogP contribution in [0, 0.1) is 11.7 Å². The van der Waals surface area contributed by atoms with Crippen molar-refractivity contribution >= 4 is 29.9 Å². The molecule has 0 radical (unpaired) electrons. The number of nitrogens with zero attached hydrogens (tertiary/aromatic N) is 2. The number of aromatic nitrogens is 1. The molecule has 30 heavy (non-hydrogen) atoms. The molecule has 0 aliphatic carbocycles. The zero-order chi connectivity index (χ0) is 20.9. The maximum absolute atomic E-state index is 13.4. The molecule has 0 bridgehead atoms. The number of rotatable bonds is 11. The first-order valence-corrected chi connectivity index (χ1v) is 10.2. The van der Waals surface area contributed by atoms with Crippen molar-refractivity contribution in [2.24, 2.45) is 10.9 Å². The lowest BCUT2D eigenvalue weighted by molar-refractivity contribution is 0.251. The Morgan fingerprint density at radius 3 is 2.73 bits per heavy atom. The van der Waals surface area contributed by atoms with Crippen LogP contribution in [-0.2, 0) is 6.54 Å². The van der Waals surface area contributed by atoms with Crippen LogP contribution in [0.15, 0.2) is 47.6 Å². The number of benzene rings is 1. The summed E-state index contributed by atoms with van der Waals surface area (Å²) in [6, 6.07) is 9.68. The van der Waals surface area contributed by atoms with Crippen LogP contribution in [0.4, 0.5) is 4.39 Å². The van der Waals surface area contributed by atoms with E-state index in [1.807, 2.05) is 19.1 Å². The summed E-state index contributed by atoms with van der Waals surface area (Å²) in [6.07, 6.45) is 4.54. The van der Waals surface area contributed by atoms with Crippen LogP contribution >= 0.6 is 24.0 Å². The molecule has 1 unspecified atom stereocenters. The molecule has 2 aromatic rings. The maximum atomic E-state index is 13.4. The predicted octanol–water partition coefficient (Wildman–Crippen LogP) is 4.48. The Hall–Kier alpha value is -1.94. The lowest BCUT2D eigenvalue weighted by Crippen LogP contribution is -2.40. The van der Waals surface area contributed by atoms with Crippen molar-refractivity contribution in [2.75, 3.05) is 19.7 Å². The molecule has 8 heteroatoms. The number of ether oxygens (including phenoxy) is 1. The average molecular weight is 530 g/mol. The molecular weight excluding hydrogens is 498 g/mol. The van der Waals surface area contributed by atoms with E-state index < -0.39 is 0 Å². The Morgan fingerprint density at radius 2 is 2.03 bits per heavy atom. The van der Waals surface area contributed by atoms with Gasteiger partial charge < -0.3 is 20.5 Å². The molecular formula is C22H32FIN4O2. The fourth-order valence-electron chi connectivity index (χ4n) is 2.96. The smallest absolute Gasteiger partial charge is 0.224 e. The van der Waals surface area contributed by atoms with Crippen LogP contribution < -0.4 is 15.4 Å². The van der Waals surface area contributed by atoms with Gasteiger partial charge in [-0.3, -0.25) is 0 Å². The van der Waals surface area contributed by atoms with E-state index in [0.29, 0.717) is 30.1 Å². The second-order valence-corrected chi connectivity index (χ2v) is 6.77. The SMILES string of the molecule is CCCC(CCO)CNC(=NCc1cccnc1Oc1cccc(F)c1)NCC.I. The lowest BCUT2D eigenvalue weighted by atomic mass is 10.0. The van der Waals surface area contributed by atoms with Crippen LogP contribution in [0.25, 0.3) is 0 Å². The summed E-state index contributed by atoms with van der Waals surface area (Å²) in [7, 11) is 0. The molecule has 0 aliphatic rings. The van der Waals surface area contributed by atoms with Gasteiger partial charge in [0.2, 0.25) is 5.88 Å². The van der Waals surface area contributed by atoms with Gasteiger partial charge in [0, 0.05) is 37.5 Å². The van der Waals surface area contributed by atoms with Crippen molar-refractivity contribution in [3.05, 3.63) is 54.0 Å². The molecule has 1 atom stereocenters. The summed E-state index contributed by atoms with van der Waals surface area (Å²) in [5.74, 6) is 1.54. The van der Waals surface area contributed by atoms with E-state index in [1.165, 1.54) is 12.1 Å². The third-order valence-electron chi connectivity index (χ3n) is 4.40. The number of hydrogen-bond donors (Lipinski definition) is 3. The van der Waals surface area contributed by atoms with E-state index in [-0.39, 0.29) is 36.4 Å². The van der Waals surface area contributed by atoms with E-state index in [4.69, 9.17) is 4.74 Å². The number of nitrogens with one attached hydrogen (secondary N) is 2. The van der Waals surface area contributed by atoms with E-state index in [0.717, 1.165) is 37.9 Å². The summed E-state index contributed by atoms with van der Waals surface area (Å²) in [6.45, 7) is 6.20. The standard InChI is InChI=1S/C22H31FN4O2.HI/c1-3-7-17(11-13-28)15-26-22(24-4-2)27-16-18-8-6-12-25-21(18)29-20-10-5-9-19(23)14-20;/h5-6,8-10,12,14,17,28H,3-4,7,11,13,15-16H2,1-2H3,(H2,24,26,27);1H. The van der Waals surface area contributed by atoms with Crippen molar-refractivity contribution in [1.82, 2.24) is 15.6 Å². The van der Waals surface area contributed by atoms with E-state index in [9.17, 15) is 9.50 Å². The van der Waals surface area contributed by atoms with Gasteiger partial charge in [-0.15, -0.1) is 24.0 Å². The molecule has 1 aromatic carbocycles. The van der Waals surface area contributed by atoms with Crippen molar-refractivity contribution < 1.29 is 14.2 Å². The molecule has 0 fully saturated rings. The molecule has 1 aromatic heterocycles. The molecule has 2 rings (SSSR count). The van der Waals surface area contributed by atoms with Gasteiger partial charge in [-0.2, -0.15) is 0 Å². The zero-order valence-electron chi connectivity index (χ0n) is 17.6. The first-order valence-electron chi connectivity index (χ1n) is 10.2. The Morgan fingerprint density at radius 1 is 1.20 bits per heavy atom. The average Bonchev–Trinajstić information content (AvgIpc) is 2.71. The first kappa shape index (κ1) is 26.1. The number of halogens is 2. The summed E-state index contributed by atoms with van der Waals surface area (Å²) in [5.41, 5.74) is 0.800. The number of pyridine rings is 1. The highest BCUT2D eigenvalue weighted by Gasteiger charge is 2.10. The van der Waals surface area contributed by atoms with Crippen molar-refractivity contribution in [3.8, 4) is 11.6 Å². The van der Waals surface area contributed by atoms with Crippen molar-refractivity contribution in [2.45, 2.75) is 39.7 Å². The van der Waals surface area contributed by atoms with Crippen LogP contribution in [0.5, 0.6) is 11.6 Å². The summed E-state index contributed by atoms with van der Waals surface area (Å²) < 4.78 is 19.2. The third-order valence-corrected chi connectivity index (χ3v) is 4.40. The first-order chi connectivity index (χ1) is 14.2. The fraction of sp³-hybridized carbons (Fsp3) is 0.455. The number of hydrogen-bond acceptors (Lipinski definition) is 4. The Bertz CT molecular complexity index is 770. The molecule has 3 N–H and O–H groups in total. The number of guanidine groups is 1. The molecule has 0 aliphatic heterocycles. The Labute approximate surface area is 195 Å². The van der Waals surface area contributed by atoms with E-state index in [2.05, 4.69) is 27.5 Å². The van der Waals surface area contributed by atoms with Gasteiger partial charge in [0.15, 0.2) is 5.96 Å². The minimum Gasteiger partial charge on any atom is -0.439 e. The zero-order valence-corrected chi connectivity index (χ0v) is 19.9. The minimum atomic E-state index is -0.360. The van der Waals surface area contributed by atoms with Crippen molar-refractivity contribution in [1.29, 1.82) is 0 Å². The van der Waals surface area contributed by atoms with Gasteiger partial charge in [-0.1, -0.05) is 25.5 Å². The molecule has 6 nitrogen and oxygen atoms in total. The van der Waals surface area contributed by atoms with Gasteiger partial charge in [-0.05, 0) is 43.9 Å². The molecule has 166 valence electrons. The van der Waals surface area contributed by atoms with Crippen LogP contribution in [-0.4, -0.2) is 35.7 Å². The third kappa shape index (κ3) is 9.25. The number of aliphatic imine (C=N–C) groups is 1. The second kappa shape index (κ2) is 15.0. The van der Waals surface area contributed by atoms with Gasteiger partial charge in [0.1, 0.15) is 11.6 Å². The van der Waals surface area contributed by atoms with Gasteiger partial charge in [-0.25, -0.2) is 14.4 Å². The quantitative estimate of drug-likeness (QED) is 0.227. The molecule has 1 heterocycles. The summed E-state index contributed by atoms with van der Waals surface area (Å²) in [5, 5.41) is 15.8. The minimum absolute atomic E-state index is 0. The van der Waals surface area contributed by atoms with Crippen molar-refractivity contribution in [3.63, 3.8) is 0 Å². The fourth-order valence-corrected chi connectivity index (χ4v) is 2.96. The highest BCUT2D eigenvalue weighted by atomic mass is 127. The van der Waals surface area contributed by atoms with Crippen LogP contribution in [0.1, 0.15) is 38.7 Å². The number of aliphatic hydroxyl groups excluding tert-OH is 1. The Balaban J connectivity index is 0.00000450. The van der Waals surface area contributed by atoms with E-state index in [1.54, 1.807) is 18.3 Å². The normalized spacial score (nSPS) is 12.1. The monoisotopic (exact) mass is 530 g/mol. The van der Waals surface area contributed by atoms with E-state index >= 15 is 0 Å². The molecule has 0 saturated heterocycles.